The Morgan fingerprint density at radius 1 is 0.157 bits per heavy atom. The molecule has 0 radical (unpaired) electrons. The zero-order chi connectivity index (χ0) is 92.4. The fraction of sp³-hybridized carbons (Fsp3) is 0.0147. The summed E-state index contributed by atoms with van der Waals surface area (Å²) >= 11 is 0. The molecule has 0 atom stereocenters. The van der Waals surface area contributed by atoms with Crippen LogP contribution in [0.15, 0.2) is 546 Å². The van der Waals surface area contributed by atoms with E-state index in [9.17, 15) is 0 Å². The van der Waals surface area contributed by atoms with Crippen LogP contribution in [-0.4, -0.2) is 9.13 Å². The molecule has 0 saturated carbocycles. The van der Waals surface area contributed by atoms with Crippen molar-refractivity contribution in [2.45, 2.75) is 10.8 Å². The van der Waals surface area contributed by atoms with E-state index >= 15 is 0 Å². The second-order valence-corrected chi connectivity index (χ2v) is 37.3. The number of hydrogen-bond donors (Lipinski definition) is 0. The van der Waals surface area contributed by atoms with Crippen LogP contribution in [0.1, 0.15) is 44.5 Å². The van der Waals surface area contributed by atoms with Crippen LogP contribution in [0.3, 0.4) is 0 Å². The Morgan fingerprint density at radius 3 is 1.09 bits per heavy atom. The highest BCUT2D eigenvalue weighted by Crippen LogP contribution is 2.62. The Balaban J connectivity index is 0.523. The summed E-state index contributed by atoms with van der Waals surface area (Å²) in [6, 6.07) is 203. The third-order valence-electron chi connectivity index (χ3n) is 29.8. The molecule has 2 aliphatic rings. The van der Waals surface area contributed by atoms with Gasteiger partial charge in [-0.15, -0.1) is 0 Å². The molecule has 0 bridgehead atoms. The van der Waals surface area contributed by atoms with Crippen LogP contribution in [0.25, 0.3) is 166 Å². The van der Waals surface area contributed by atoms with Gasteiger partial charge in [0.25, 0.3) is 0 Å². The van der Waals surface area contributed by atoms with Gasteiger partial charge in [0.05, 0.1) is 38.6 Å². The van der Waals surface area contributed by atoms with Crippen LogP contribution in [0.5, 0.6) is 0 Å². The quantitative estimate of drug-likeness (QED) is 0.0851. The lowest BCUT2D eigenvalue weighted by molar-refractivity contribution is 0.768. The summed E-state index contributed by atoms with van der Waals surface area (Å²) in [5.41, 5.74) is 41.0. The van der Waals surface area contributed by atoms with Gasteiger partial charge >= 0.3 is 0 Å². The van der Waals surface area contributed by atoms with Gasteiger partial charge in [0.15, 0.2) is 0 Å². The lowest BCUT2D eigenvalue weighted by atomic mass is 9.67. The maximum absolute atomic E-state index is 2.51. The lowest BCUT2D eigenvalue weighted by Crippen LogP contribution is -2.28. The van der Waals surface area contributed by atoms with E-state index in [1.165, 1.54) is 149 Å². The smallest absolute Gasteiger partial charge is 0.0714 e. The van der Waals surface area contributed by atoms with E-state index in [-0.39, 0.29) is 0 Å². The Kier molecular flexibility index (Phi) is 19.4. The van der Waals surface area contributed by atoms with Crippen LogP contribution in [0.2, 0.25) is 0 Å². The van der Waals surface area contributed by atoms with Gasteiger partial charge in [-0.25, -0.2) is 0 Å². The number of aromatic nitrogens is 2. The third kappa shape index (κ3) is 13.2. The van der Waals surface area contributed by atoms with Crippen molar-refractivity contribution in [1.82, 2.24) is 9.13 Å². The predicted octanol–water partition coefficient (Wildman–Crippen LogP) is 35.9. The van der Waals surface area contributed by atoms with Gasteiger partial charge in [0, 0.05) is 66.7 Å². The molecule has 0 spiro atoms. The summed E-state index contributed by atoms with van der Waals surface area (Å²) in [4.78, 5) is 4.93. The van der Waals surface area contributed by atoms with Crippen LogP contribution in [0, 0.1) is 0 Å². The first kappa shape index (κ1) is 81.3. The summed E-state index contributed by atoms with van der Waals surface area (Å²) < 4.78 is 4.85. The molecule has 0 aliphatic heterocycles. The van der Waals surface area contributed by atoms with E-state index in [4.69, 9.17) is 0 Å². The van der Waals surface area contributed by atoms with Crippen molar-refractivity contribution in [2.75, 3.05) is 9.80 Å². The molecular weight excluding hydrogens is 1690 g/mol. The topological polar surface area (TPSA) is 16.3 Å². The SMILES string of the molecule is c1ccc(-c2ccc3cc(N(c4ccc(-c5ccc(-c6ccc7c(c6)c6ccccc6n7-c6cccc(-c7cccc8c7-c7ccc(N(c9ccc(-c%10ccc(-c%11ccc%12c(c%11)c%11ccccc%11n%12-c%11ccccc%11)cc%10)cc9)c9cccc%10ccccc9%10)cc7C8(c7ccccc7)c7ccccc7)c6)cc5)cc4)c4ccc5c(c4)C(c4ccccc4)(c4ccccc4)c4ccccc4-5)ccc3c2)cc1. The van der Waals surface area contributed by atoms with Crippen molar-refractivity contribution in [1.29, 1.82) is 0 Å². The first-order chi connectivity index (χ1) is 69.4. The first-order valence-electron chi connectivity index (χ1n) is 48.5. The van der Waals surface area contributed by atoms with Crippen molar-refractivity contribution >= 4 is 99.3 Å². The third-order valence-corrected chi connectivity index (χ3v) is 29.8. The molecule has 25 aromatic rings. The molecular formula is C136H90N4. The number of rotatable bonds is 18. The van der Waals surface area contributed by atoms with Gasteiger partial charge in [-0.3, -0.25) is 0 Å². The van der Waals surface area contributed by atoms with Crippen LogP contribution in [0.4, 0.5) is 34.1 Å². The van der Waals surface area contributed by atoms with E-state index < -0.39 is 10.8 Å². The van der Waals surface area contributed by atoms with E-state index in [0.29, 0.717) is 0 Å². The van der Waals surface area contributed by atoms with Crippen molar-refractivity contribution in [3.8, 4) is 100 Å². The van der Waals surface area contributed by atoms with Gasteiger partial charge < -0.3 is 18.9 Å². The minimum Gasteiger partial charge on any atom is -0.310 e. The molecule has 0 saturated heterocycles. The first-order valence-corrected chi connectivity index (χ1v) is 48.5. The molecule has 2 heterocycles. The fourth-order valence-electron chi connectivity index (χ4n) is 23.5. The van der Waals surface area contributed by atoms with Crippen molar-refractivity contribution in [2.24, 2.45) is 0 Å². The number of benzene rings is 23. The van der Waals surface area contributed by atoms with Crippen molar-refractivity contribution < 1.29 is 0 Å². The van der Waals surface area contributed by atoms with E-state index in [1.807, 2.05) is 0 Å². The predicted molar refractivity (Wildman–Crippen MR) is 587 cm³/mol. The minimum atomic E-state index is -0.723. The molecule has 0 amide bonds. The zero-order valence-electron chi connectivity index (χ0n) is 76.8. The van der Waals surface area contributed by atoms with E-state index in [1.54, 1.807) is 0 Å². The standard InChI is InChI=1S/C136H90N4/c1-7-30-91(31-8-1)99-64-65-101-85-113(77-70-100(101)84-99)137(114-78-80-119-118-47-21-24-51-125(118)135(127(119)89-114,105-35-9-2-10-36-105)106-37-11-3-12-38-106)110-73-66-94(67-74-110)92-56-60-97(61-57-92)103-72-83-133-124(88-103)121-49-23-26-54-131(121)140(133)112-45-27-34-104(86-112)117-50-29-52-126-134(117)122-81-79-115(90-128(122)136(126,107-39-13-4-14-40-107)108-41-15-5-16-42-108)138(129-55-28-33-98-32-19-20-46-116(98)129)111-75-68-95(69-76-111)93-58-62-96(63-59-93)102-71-82-132-123(87-102)120-48-22-25-53-130(120)139(132)109-43-17-6-18-44-109/h1-90H. The molecule has 0 N–H and O–H groups in total. The molecule has 2 aliphatic carbocycles. The van der Waals surface area contributed by atoms with Crippen LogP contribution < -0.4 is 9.80 Å². The largest absolute Gasteiger partial charge is 0.310 e. The Morgan fingerprint density at radius 2 is 0.500 bits per heavy atom. The Bertz CT molecular complexity index is 9040. The highest BCUT2D eigenvalue weighted by atomic mass is 15.2. The van der Waals surface area contributed by atoms with Crippen molar-refractivity contribution in [3.05, 3.63) is 590 Å². The maximum Gasteiger partial charge on any atom is 0.0714 e. The number of para-hydroxylation sites is 3. The lowest BCUT2D eigenvalue weighted by Gasteiger charge is -2.35. The average molecular weight is 1780 g/mol. The molecule has 2 aromatic heterocycles. The summed E-state index contributed by atoms with van der Waals surface area (Å²) in [5.74, 6) is 0. The van der Waals surface area contributed by atoms with Crippen LogP contribution >= 0.6 is 0 Å². The molecule has 4 nitrogen and oxygen atoms in total. The highest BCUT2D eigenvalue weighted by molar-refractivity contribution is 6.13. The molecule has 140 heavy (non-hydrogen) atoms. The van der Waals surface area contributed by atoms with Crippen molar-refractivity contribution in [3.63, 3.8) is 0 Å². The fourth-order valence-corrected chi connectivity index (χ4v) is 23.5. The van der Waals surface area contributed by atoms with Gasteiger partial charge in [-0.05, 0) is 283 Å². The summed E-state index contributed by atoms with van der Waals surface area (Å²) in [7, 11) is 0. The number of hydrogen-bond acceptors (Lipinski definition) is 2. The second kappa shape index (κ2) is 33.4. The molecule has 23 aromatic carbocycles. The number of fused-ring (bicyclic) bond motifs is 14. The summed E-state index contributed by atoms with van der Waals surface area (Å²) in [5, 5.41) is 9.60. The van der Waals surface area contributed by atoms with Gasteiger partial charge in [-0.2, -0.15) is 0 Å². The minimum absolute atomic E-state index is 0.562. The van der Waals surface area contributed by atoms with Gasteiger partial charge in [0.1, 0.15) is 0 Å². The second-order valence-electron chi connectivity index (χ2n) is 37.3. The number of anilines is 6. The maximum atomic E-state index is 2.51. The summed E-state index contributed by atoms with van der Waals surface area (Å²) in [6.45, 7) is 0. The Hall–Kier alpha value is -18.2. The van der Waals surface area contributed by atoms with Crippen LogP contribution in [-0.2, 0) is 10.8 Å². The molecule has 4 heteroatoms. The average Bonchev–Trinajstić information content (AvgIpc) is 1.52. The van der Waals surface area contributed by atoms with E-state index in [0.717, 1.165) is 95.5 Å². The monoisotopic (exact) mass is 1780 g/mol. The van der Waals surface area contributed by atoms with E-state index in [2.05, 4.69) is 565 Å². The zero-order valence-corrected chi connectivity index (χ0v) is 76.8. The van der Waals surface area contributed by atoms with Gasteiger partial charge in [-0.1, -0.05) is 413 Å². The molecule has 0 fully saturated rings. The molecule has 0 unspecified atom stereocenters. The summed E-state index contributed by atoms with van der Waals surface area (Å²) in [6.07, 6.45) is 0. The highest BCUT2D eigenvalue weighted by Gasteiger charge is 2.49. The van der Waals surface area contributed by atoms with Gasteiger partial charge in [0.2, 0.25) is 0 Å². The number of nitrogens with zero attached hydrogens (tertiary/aromatic N) is 4. The normalized spacial score (nSPS) is 12.7. The molecule has 654 valence electrons. The Labute approximate surface area is 814 Å². The molecule has 27 rings (SSSR count).